The van der Waals surface area contributed by atoms with E-state index < -0.39 is 5.97 Å². The summed E-state index contributed by atoms with van der Waals surface area (Å²) >= 11 is 0. The first kappa shape index (κ1) is 17.6. The number of carbonyl (C=O) groups is 1. The molecule has 0 fully saturated rings. The molecule has 0 spiro atoms. The van der Waals surface area contributed by atoms with Gasteiger partial charge in [0.15, 0.2) is 18.1 Å². The lowest BCUT2D eigenvalue weighted by atomic mass is 10.2. The Morgan fingerprint density at radius 3 is 2.96 bits per heavy atom. The molecule has 0 saturated heterocycles. The zero-order valence-electron chi connectivity index (χ0n) is 15.0. The Hall–Kier alpha value is -3.81. The summed E-state index contributed by atoms with van der Waals surface area (Å²) in [5.74, 6) is 2.07. The smallest absolute Gasteiger partial charge is 0.331 e. The Balaban J connectivity index is 1.34. The summed E-state index contributed by atoms with van der Waals surface area (Å²) in [4.78, 5) is 16.1. The van der Waals surface area contributed by atoms with E-state index in [1.54, 1.807) is 31.4 Å². The Morgan fingerprint density at radius 2 is 2.07 bits per heavy atom. The molecule has 0 amide bonds. The summed E-state index contributed by atoms with van der Waals surface area (Å²) in [6.07, 6.45) is 2.94. The fraction of sp³-hybridized carbons (Fsp3) is 0.150. The van der Waals surface area contributed by atoms with Crippen LogP contribution in [0.15, 0.2) is 53.1 Å². The SMILES string of the molecule is COc1cccc(-c2noc(COC(=O)/C=C/c3ccc4c(c3)OCO4)n2)c1. The van der Waals surface area contributed by atoms with Crippen molar-refractivity contribution < 1.29 is 28.3 Å². The highest BCUT2D eigenvalue weighted by molar-refractivity contribution is 5.87. The number of carbonyl (C=O) groups excluding carboxylic acids is 1. The fourth-order valence-electron chi connectivity index (χ4n) is 2.55. The maximum Gasteiger partial charge on any atom is 0.331 e. The normalized spacial score (nSPS) is 12.3. The molecule has 1 aromatic heterocycles. The zero-order chi connectivity index (χ0) is 19.3. The average Bonchev–Trinajstić information content (AvgIpc) is 3.39. The molecule has 0 saturated carbocycles. The van der Waals surface area contributed by atoms with E-state index in [-0.39, 0.29) is 19.3 Å². The summed E-state index contributed by atoms with van der Waals surface area (Å²) in [5, 5.41) is 3.89. The summed E-state index contributed by atoms with van der Waals surface area (Å²) < 4.78 is 26.0. The number of ether oxygens (including phenoxy) is 4. The van der Waals surface area contributed by atoms with Crippen LogP contribution in [-0.2, 0) is 16.1 Å². The minimum atomic E-state index is -0.529. The molecule has 2 aromatic carbocycles. The van der Waals surface area contributed by atoms with Crippen LogP contribution in [0.5, 0.6) is 17.2 Å². The standard InChI is InChI=1S/C20H16N2O6/c1-24-15-4-2-3-14(10-15)20-21-18(28-22-20)11-25-19(23)8-6-13-5-7-16-17(9-13)27-12-26-16/h2-10H,11-12H2,1H3/b8-6+. The zero-order valence-corrected chi connectivity index (χ0v) is 15.0. The molecule has 1 aliphatic rings. The molecule has 3 aromatic rings. The number of fused-ring (bicyclic) bond motifs is 1. The predicted octanol–water partition coefficient (Wildman–Crippen LogP) is 3.23. The second kappa shape index (κ2) is 7.83. The summed E-state index contributed by atoms with van der Waals surface area (Å²) in [6, 6.07) is 12.6. The van der Waals surface area contributed by atoms with Crippen molar-refractivity contribution in [3.63, 3.8) is 0 Å². The third-order valence-corrected chi connectivity index (χ3v) is 3.94. The van der Waals surface area contributed by atoms with Crippen LogP contribution in [-0.4, -0.2) is 30.0 Å². The molecule has 0 unspecified atom stereocenters. The molecule has 28 heavy (non-hydrogen) atoms. The van der Waals surface area contributed by atoms with E-state index in [1.165, 1.54) is 6.08 Å². The Kier molecular flexibility index (Phi) is 4.92. The average molecular weight is 380 g/mol. The molecule has 0 N–H and O–H groups in total. The van der Waals surface area contributed by atoms with Crippen molar-refractivity contribution in [2.75, 3.05) is 13.9 Å². The van der Waals surface area contributed by atoms with Crippen molar-refractivity contribution in [3.8, 4) is 28.6 Å². The van der Waals surface area contributed by atoms with Gasteiger partial charge in [0.05, 0.1) is 7.11 Å². The first-order valence-corrected chi connectivity index (χ1v) is 8.43. The van der Waals surface area contributed by atoms with Gasteiger partial charge in [0, 0.05) is 11.6 Å². The molecule has 0 atom stereocenters. The molecule has 2 heterocycles. The van der Waals surface area contributed by atoms with Gasteiger partial charge in [-0.1, -0.05) is 23.4 Å². The molecule has 0 aliphatic carbocycles. The largest absolute Gasteiger partial charge is 0.497 e. The molecule has 4 rings (SSSR count). The minimum absolute atomic E-state index is 0.124. The van der Waals surface area contributed by atoms with Gasteiger partial charge in [-0.15, -0.1) is 0 Å². The van der Waals surface area contributed by atoms with E-state index in [1.807, 2.05) is 24.3 Å². The van der Waals surface area contributed by atoms with Crippen molar-refractivity contribution >= 4 is 12.0 Å². The topological polar surface area (TPSA) is 92.9 Å². The summed E-state index contributed by atoms with van der Waals surface area (Å²) in [7, 11) is 1.58. The van der Waals surface area contributed by atoms with E-state index in [0.29, 0.717) is 23.1 Å². The van der Waals surface area contributed by atoms with Crippen LogP contribution in [0.1, 0.15) is 11.5 Å². The molecule has 142 valence electrons. The molecule has 8 nitrogen and oxygen atoms in total. The van der Waals surface area contributed by atoms with Crippen LogP contribution in [0.25, 0.3) is 17.5 Å². The number of hydrogen-bond donors (Lipinski definition) is 0. The van der Waals surface area contributed by atoms with Gasteiger partial charge in [0.2, 0.25) is 12.6 Å². The molecular weight excluding hydrogens is 364 g/mol. The second-order valence-corrected chi connectivity index (χ2v) is 5.80. The highest BCUT2D eigenvalue weighted by Gasteiger charge is 2.13. The molecule has 8 heteroatoms. The van der Waals surface area contributed by atoms with E-state index in [2.05, 4.69) is 10.1 Å². The van der Waals surface area contributed by atoms with Gasteiger partial charge >= 0.3 is 5.97 Å². The number of nitrogens with zero attached hydrogens (tertiary/aromatic N) is 2. The van der Waals surface area contributed by atoms with Crippen LogP contribution in [0.3, 0.4) is 0 Å². The van der Waals surface area contributed by atoms with Crippen molar-refractivity contribution in [2.24, 2.45) is 0 Å². The molecular formula is C20H16N2O6. The van der Waals surface area contributed by atoms with Crippen LogP contribution in [0.2, 0.25) is 0 Å². The van der Waals surface area contributed by atoms with E-state index in [0.717, 1.165) is 11.1 Å². The van der Waals surface area contributed by atoms with Crippen LogP contribution in [0, 0.1) is 0 Å². The van der Waals surface area contributed by atoms with Gasteiger partial charge in [0.25, 0.3) is 5.89 Å². The minimum Gasteiger partial charge on any atom is -0.497 e. The lowest BCUT2D eigenvalue weighted by molar-refractivity contribution is -0.139. The van der Waals surface area contributed by atoms with Crippen LogP contribution >= 0.6 is 0 Å². The number of aromatic nitrogens is 2. The summed E-state index contributed by atoms with van der Waals surface area (Å²) in [5.41, 5.74) is 1.53. The van der Waals surface area contributed by atoms with Crippen molar-refractivity contribution in [1.29, 1.82) is 0 Å². The first-order valence-electron chi connectivity index (χ1n) is 8.43. The molecule has 0 radical (unpaired) electrons. The Labute approximate surface area is 160 Å². The maximum atomic E-state index is 11.9. The third kappa shape index (κ3) is 3.96. The van der Waals surface area contributed by atoms with Crippen molar-refractivity contribution in [1.82, 2.24) is 10.1 Å². The van der Waals surface area contributed by atoms with Gasteiger partial charge in [-0.2, -0.15) is 4.98 Å². The fourth-order valence-corrected chi connectivity index (χ4v) is 2.55. The quantitative estimate of drug-likeness (QED) is 0.475. The monoisotopic (exact) mass is 380 g/mol. The van der Waals surface area contributed by atoms with E-state index >= 15 is 0 Å². The Morgan fingerprint density at radius 1 is 1.18 bits per heavy atom. The number of methoxy groups -OCH3 is 1. The van der Waals surface area contributed by atoms with Gasteiger partial charge in [-0.25, -0.2) is 4.79 Å². The molecule has 0 bridgehead atoms. The van der Waals surface area contributed by atoms with E-state index in [4.69, 9.17) is 23.5 Å². The van der Waals surface area contributed by atoms with Crippen LogP contribution in [0.4, 0.5) is 0 Å². The summed E-state index contributed by atoms with van der Waals surface area (Å²) in [6.45, 7) is 0.0771. The maximum absolute atomic E-state index is 11.9. The van der Waals surface area contributed by atoms with E-state index in [9.17, 15) is 4.79 Å². The number of hydrogen-bond acceptors (Lipinski definition) is 8. The van der Waals surface area contributed by atoms with Gasteiger partial charge in [0.1, 0.15) is 5.75 Å². The van der Waals surface area contributed by atoms with Gasteiger partial charge in [-0.05, 0) is 35.9 Å². The van der Waals surface area contributed by atoms with Crippen molar-refractivity contribution in [2.45, 2.75) is 6.61 Å². The lowest BCUT2D eigenvalue weighted by Crippen LogP contribution is -2.01. The highest BCUT2D eigenvalue weighted by Crippen LogP contribution is 2.32. The van der Waals surface area contributed by atoms with Gasteiger partial charge < -0.3 is 23.5 Å². The lowest BCUT2D eigenvalue weighted by Gasteiger charge is -2.00. The highest BCUT2D eigenvalue weighted by atomic mass is 16.7. The number of rotatable bonds is 6. The predicted molar refractivity (Wildman–Crippen MR) is 97.7 cm³/mol. The van der Waals surface area contributed by atoms with Gasteiger partial charge in [-0.3, -0.25) is 0 Å². The number of esters is 1. The number of benzene rings is 2. The first-order chi connectivity index (χ1) is 13.7. The second-order valence-electron chi connectivity index (χ2n) is 5.80. The third-order valence-electron chi connectivity index (χ3n) is 3.94. The molecule has 1 aliphatic heterocycles. The Bertz CT molecular complexity index is 1030. The van der Waals surface area contributed by atoms with Crippen LogP contribution < -0.4 is 14.2 Å². The van der Waals surface area contributed by atoms with Crippen molar-refractivity contribution in [3.05, 3.63) is 60.0 Å².